The number of benzene rings is 1. The minimum atomic E-state index is 0.110. The lowest BCUT2D eigenvalue weighted by Crippen LogP contribution is -2.46. The number of nitrogens with two attached hydrogens (primary N) is 1. The lowest BCUT2D eigenvalue weighted by atomic mass is 9.74. The number of aryl methyl sites for hydroxylation is 1. The van der Waals surface area contributed by atoms with E-state index in [1.165, 1.54) is 24.8 Å². The van der Waals surface area contributed by atoms with Crippen LogP contribution in [0, 0.1) is 0 Å². The van der Waals surface area contributed by atoms with Crippen molar-refractivity contribution >= 4 is 11.6 Å². The summed E-state index contributed by atoms with van der Waals surface area (Å²) in [5.74, 6) is 0. The molecule has 0 heterocycles. The van der Waals surface area contributed by atoms with E-state index in [9.17, 15) is 0 Å². The number of hydrogen-bond donors (Lipinski definition) is 1. The third kappa shape index (κ3) is 2.10. The van der Waals surface area contributed by atoms with Gasteiger partial charge in [-0.1, -0.05) is 29.8 Å². The van der Waals surface area contributed by atoms with Crippen molar-refractivity contribution in [3.63, 3.8) is 0 Å². The van der Waals surface area contributed by atoms with Crippen LogP contribution in [0.25, 0.3) is 0 Å². The fraction of sp³-hybridized carbons (Fsp3) is 0.500. The molecule has 0 unspecified atom stereocenters. The van der Waals surface area contributed by atoms with Crippen molar-refractivity contribution in [2.24, 2.45) is 5.73 Å². The third-order valence-electron chi connectivity index (χ3n) is 3.20. The molecule has 2 heteroatoms. The fourth-order valence-corrected chi connectivity index (χ4v) is 2.20. The van der Waals surface area contributed by atoms with Gasteiger partial charge in [0, 0.05) is 10.6 Å². The first kappa shape index (κ1) is 10.0. The van der Waals surface area contributed by atoms with Crippen LogP contribution in [0.1, 0.15) is 31.2 Å². The van der Waals surface area contributed by atoms with Gasteiger partial charge in [0.05, 0.1) is 0 Å². The number of rotatable bonds is 3. The summed E-state index contributed by atoms with van der Waals surface area (Å²) in [4.78, 5) is 0. The molecule has 14 heavy (non-hydrogen) atoms. The molecule has 0 atom stereocenters. The molecule has 0 radical (unpaired) electrons. The Kier molecular flexibility index (Phi) is 2.80. The summed E-state index contributed by atoms with van der Waals surface area (Å²) in [6.07, 6.45) is 5.72. The quantitative estimate of drug-likeness (QED) is 0.813. The summed E-state index contributed by atoms with van der Waals surface area (Å²) in [6, 6.07) is 8.03. The maximum absolute atomic E-state index is 6.16. The van der Waals surface area contributed by atoms with E-state index in [0.29, 0.717) is 0 Å². The van der Waals surface area contributed by atoms with Crippen LogP contribution in [0.4, 0.5) is 0 Å². The van der Waals surface area contributed by atoms with E-state index in [2.05, 4.69) is 6.07 Å². The van der Waals surface area contributed by atoms with Crippen LogP contribution in [0.15, 0.2) is 24.3 Å². The Morgan fingerprint density at radius 3 is 2.57 bits per heavy atom. The van der Waals surface area contributed by atoms with Crippen molar-refractivity contribution in [2.45, 2.75) is 37.6 Å². The molecule has 2 N–H and O–H groups in total. The third-order valence-corrected chi connectivity index (χ3v) is 3.57. The van der Waals surface area contributed by atoms with Gasteiger partial charge in [-0.3, -0.25) is 0 Å². The number of hydrogen-bond acceptors (Lipinski definition) is 1. The van der Waals surface area contributed by atoms with Gasteiger partial charge in [0.25, 0.3) is 0 Å². The summed E-state index contributed by atoms with van der Waals surface area (Å²) in [7, 11) is 0. The normalized spacial score (nSPS) is 19.0. The zero-order chi connectivity index (χ0) is 10.0. The van der Waals surface area contributed by atoms with Crippen LogP contribution < -0.4 is 5.73 Å². The van der Waals surface area contributed by atoms with Crippen molar-refractivity contribution in [1.29, 1.82) is 0 Å². The highest BCUT2D eigenvalue weighted by Gasteiger charge is 2.31. The minimum absolute atomic E-state index is 0.110. The molecular formula is C12H16ClN. The largest absolute Gasteiger partial charge is 0.325 e. The first-order valence-electron chi connectivity index (χ1n) is 5.22. The Morgan fingerprint density at radius 1 is 1.29 bits per heavy atom. The monoisotopic (exact) mass is 209 g/mol. The molecule has 0 spiro atoms. The van der Waals surface area contributed by atoms with Crippen molar-refractivity contribution in [1.82, 2.24) is 0 Å². The molecular weight excluding hydrogens is 194 g/mol. The first-order chi connectivity index (χ1) is 6.70. The van der Waals surface area contributed by atoms with Gasteiger partial charge in [-0.2, -0.15) is 0 Å². The maximum atomic E-state index is 6.16. The topological polar surface area (TPSA) is 26.0 Å². The van der Waals surface area contributed by atoms with Crippen molar-refractivity contribution < 1.29 is 0 Å². The van der Waals surface area contributed by atoms with Crippen LogP contribution in [0.3, 0.4) is 0 Å². The SMILES string of the molecule is NC1(CCc2ccccc2Cl)CCC1. The zero-order valence-corrected chi connectivity index (χ0v) is 9.06. The second kappa shape index (κ2) is 3.92. The molecule has 0 saturated heterocycles. The van der Waals surface area contributed by atoms with Gasteiger partial charge >= 0.3 is 0 Å². The molecule has 1 nitrogen and oxygen atoms in total. The highest BCUT2D eigenvalue weighted by molar-refractivity contribution is 6.31. The van der Waals surface area contributed by atoms with Crippen molar-refractivity contribution in [3.8, 4) is 0 Å². The first-order valence-corrected chi connectivity index (χ1v) is 5.60. The van der Waals surface area contributed by atoms with Crippen LogP contribution >= 0.6 is 11.6 Å². The van der Waals surface area contributed by atoms with Crippen LogP contribution in [0.5, 0.6) is 0 Å². The second-order valence-electron chi connectivity index (χ2n) is 4.31. The van der Waals surface area contributed by atoms with Crippen LogP contribution in [-0.2, 0) is 6.42 Å². The molecule has 1 saturated carbocycles. The molecule has 0 aliphatic heterocycles. The molecule has 0 aromatic heterocycles. The lowest BCUT2D eigenvalue weighted by molar-refractivity contribution is 0.232. The molecule has 76 valence electrons. The van der Waals surface area contributed by atoms with E-state index < -0.39 is 0 Å². The van der Waals surface area contributed by atoms with Crippen molar-refractivity contribution in [3.05, 3.63) is 34.9 Å². The molecule has 1 aromatic rings. The summed E-state index contributed by atoms with van der Waals surface area (Å²) >= 11 is 6.07. The van der Waals surface area contributed by atoms with Gasteiger partial charge in [-0.05, 0) is 43.7 Å². The zero-order valence-electron chi connectivity index (χ0n) is 8.30. The Morgan fingerprint density at radius 2 is 2.00 bits per heavy atom. The Labute approximate surface area is 90.3 Å². The Hall–Kier alpha value is -0.530. The molecule has 1 aliphatic rings. The predicted octanol–water partition coefficient (Wildman–Crippen LogP) is 3.15. The average molecular weight is 210 g/mol. The average Bonchev–Trinajstić information content (AvgIpc) is 2.14. The molecule has 1 aromatic carbocycles. The molecule has 2 rings (SSSR count). The van der Waals surface area contributed by atoms with E-state index in [1.54, 1.807) is 0 Å². The summed E-state index contributed by atoms with van der Waals surface area (Å²) in [5, 5.41) is 0.871. The standard InChI is InChI=1S/C12H16ClN/c13-11-5-2-1-4-10(11)6-9-12(14)7-3-8-12/h1-2,4-5H,3,6-9,14H2. The number of halogens is 1. The predicted molar refractivity (Wildman–Crippen MR) is 60.5 cm³/mol. The minimum Gasteiger partial charge on any atom is -0.325 e. The van der Waals surface area contributed by atoms with Crippen molar-refractivity contribution in [2.75, 3.05) is 0 Å². The summed E-state index contributed by atoms with van der Waals surface area (Å²) < 4.78 is 0. The van der Waals surface area contributed by atoms with Gasteiger partial charge in [-0.25, -0.2) is 0 Å². The second-order valence-corrected chi connectivity index (χ2v) is 4.71. The van der Waals surface area contributed by atoms with E-state index in [4.69, 9.17) is 17.3 Å². The van der Waals surface area contributed by atoms with E-state index in [1.807, 2.05) is 18.2 Å². The molecule has 1 aliphatic carbocycles. The molecule has 1 fully saturated rings. The lowest BCUT2D eigenvalue weighted by Gasteiger charge is -2.38. The van der Waals surface area contributed by atoms with E-state index >= 15 is 0 Å². The van der Waals surface area contributed by atoms with Gasteiger partial charge in [0.2, 0.25) is 0 Å². The van der Waals surface area contributed by atoms with Crippen LogP contribution in [-0.4, -0.2) is 5.54 Å². The van der Waals surface area contributed by atoms with E-state index in [0.717, 1.165) is 17.9 Å². The molecule has 0 amide bonds. The summed E-state index contributed by atoms with van der Waals surface area (Å²) in [6.45, 7) is 0. The highest BCUT2D eigenvalue weighted by atomic mass is 35.5. The van der Waals surface area contributed by atoms with Gasteiger partial charge in [-0.15, -0.1) is 0 Å². The highest BCUT2D eigenvalue weighted by Crippen LogP contribution is 2.33. The Bertz CT molecular complexity index is 318. The summed E-state index contributed by atoms with van der Waals surface area (Å²) in [5.41, 5.74) is 7.50. The fourth-order valence-electron chi connectivity index (χ4n) is 1.97. The molecule has 0 bridgehead atoms. The van der Waals surface area contributed by atoms with E-state index in [-0.39, 0.29) is 5.54 Å². The Balaban J connectivity index is 1.95. The maximum Gasteiger partial charge on any atom is 0.0437 e. The van der Waals surface area contributed by atoms with Crippen LogP contribution in [0.2, 0.25) is 5.02 Å². The van der Waals surface area contributed by atoms with Gasteiger partial charge in [0.1, 0.15) is 0 Å². The van der Waals surface area contributed by atoms with Gasteiger partial charge in [0.15, 0.2) is 0 Å². The smallest absolute Gasteiger partial charge is 0.0437 e. The van der Waals surface area contributed by atoms with Gasteiger partial charge < -0.3 is 5.73 Å².